The summed E-state index contributed by atoms with van der Waals surface area (Å²) in [5.41, 5.74) is 7.53. The minimum atomic E-state index is 0.852. The highest BCUT2D eigenvalue weighted by molar-refractivity contribution is 7.22. The van der Waals surface area contributed by atoms with Gasteiger partial charge in [0.25, 0.3) is 0 Å². The molecule has 1 aromatic heterocycles. The third kappa shape index (κ3) is 2.22. The summed E-state index contributed by atoms with van der Waals surface area (Å²) >= 11 is 1.64. The number of hydrogen-bond donors (Lipinski definition) is 1. The number of aromatic nitrogens is 1. The summed E-state index contributed by atoms with van der Waals surface area (Å²) in [5.74, 6) is 0. The van der Waals surface area contributed by atoms with Crippen molar-refractivity contribution in [2.24, 2.45) is 5.10 Å². The van der Waals surface area contributed by atoms with E-state index in [0.29, 0.717) is 0 Å². The molecule has 0 amide bonds. The molecule has 0 aliphatic heterocycles. The first-order valence-corrected chi connectivity index (χ1v) is 6.02. The molecule has 0 aliphatic carbocycles. The van der Waals surface area contributed by atoms with Crippen molar-refractivity contribution in [1.82, 2.24) is 4.98 Å². The molecular formula is C12H15N3S. The quantitative estimate of drug-likeness (QED) is 0.634. The fraction of sp³-hybridized carbons (Fsp3) is 0.333. The molecule has 1 heterocycles. The Labute approximate surface area is 99.2 Å². The van der Waals surface area contributed by atoms with E-state index in [1.165, 1.54) is 15.8 Å². The van der Waals surface area contributed by atoms with Gasteiger partial charge in [-0.2, -0.15) is 5.10 Å². The lowest BCUT2D eigenvalue weighted by atomic mass is 10.1. The second-order valence-corrected chi connectivity index (χ2v) is 5.15. The highest BCUT2D eigenvalue weighted by Crippen LogP contribution is 2.29. The van der Waals surface area contributed by atoms with E-state index in [2.05, 4.69) is 41.5 Å². The van der Waals surface area contributed by atoms with E-state index < -0.39 is 0 Å². The Kier molecular flexibility index (Phi) is 2.92. The van der Waals surface area contributed by atoms with Gasteiger partial charge >= 0.3 is 0 Å². The summed E-state index contributed by atoms with van der Waals surface area (Å²) in [6.45, 7) is 8.10. The molecule has 0 saturated heterocycles. The van der Waals surface area contributed by atoms with E-state index in [0.717, 1.165) is 16.4 Å². The van der Waals surface area contributed by atoms with Crippen LogP contribution in [0.5, 0.6) is 0 Å². The maximum Gasteiger partial charge on any atom is 0.204 e. The molecule has 0 bridgehead atoms. The molecule has 0 radical (unpaired) electrons. The van der Waals surface area contributed by atoms with Gasteiger partial charge in [-0.05, 0) is 44.9 Å². The van der Waals surface area contributed by atoms with Gasteiger partial charge in [-0.25, -0.2) is 4.98 Å². The smallest absolute Gasteiger partial charge is 0.204 e. The molecule has 2 rings (SSSR count). The molecule has 0 atom stereocenters. The Morgan fingerprint density at radius 2 is 2.06 bits per heavy atom. The van der Waals surface area contributed by atoms with Gasteiger partial charge in [0, 0.05) is 5.71 Å². The zero-order valence-corrected chi connectivity index (χ0v) is 10.8. The molecule has 3 nitrogen and oxygen atoms in total. The molecule has 2 aromatic rings. The van der Waals surface area contributed by atoms with E-state index in [-0.39, 0.29) is 0 Å². The lowest BCUT2D eigenvalue weighted by molar-refractivity contribution is 1.28. The van der Waals surface area contributed by atoms with Crippen molar-refractivity contribution in [3.05, 3.63) is 23.3 Å². The van der Waals surface area contributed by atoms with Crippen LogP contribution in [0.3, 0.4) is 0 Å². The van der Waals surface area contributed by atoms with Crippen LogP contribution in [0.1, 0.15) is 25.0 Å². The summed E-state index contributed by atoms with van der Waals surface area (Å²) in [4.78, 5) is 4.53. The molecule has 84 valence electrons. The number of benzene rings is 1. The van der Waals surface area contributed by atoms with Gasteiger partial charge in [0.1, 0.15) is 0 Å². The SMILES string of the molecule is CC(C)=NNc1nc2c(C)cc(C)cc2s1. The monoisotopic (exact) mass is 233 g/mol. The Balaban J connectivity index is 2.44. The zero-order chi connectivity index (χ0) is 11.7. The molecule has 0 fully saturated rings. The number of nitrogens with zero attached hydrogens (tertiary/aromatic N) is 2. The number of anilines is 1. The number of fused-ring (bicyclic) bond motifs is 1. The normalized spacial score (nSPS) is 10.5. The maximum absolute atomic E-state index is 4.53. The first-order valence-electron chi connectivity index (χ1n) is 5.21. The van der Waals surface area contributed by atoms with Crippen LogP contribution in [0, 0.1) is 13.8 Å². The standard InChI is InChI=1S/C12H15N3S/c1-7(2)14-15-12-13-11-9(4)5-8(3)6-10(11)16-12/h5-6H,1-4H3,(H,13,15). The summed E-state index contributed by atoms with van der Waals surface area (Å²) < 4.78 is 1.21. The van der Waals surface area contributed by atoms with Crippen LogP contribution in [-0.4, -0.2) is 10.7 Å². The van der Waals surface area contributed by atoms with Crippen LogP contribution in [0.15, 0.2) is 17.2 Å². The number of aryl methyl sites for hydroxylation is 2. The minimum Gasteiger partial charge on any atom is -0.253 e. The second kappa shape index (κ2) is 4.22. The number of hydrogen-bond acceptors (Lipinski definition) is 4. The van der Waals surface area contributed by atoms with Crippen molar-refractivity contribution < 1.29 is 0 Å². The van der Waals surface area contributed by atoms with E-state index in [1.807, 2.05) is 13.8 Å². The van der Waals surface area contributed by atoms with Crippen LogP contribution in [0.4, 0.5) is 5.13 Å². The molecule has 0 unspecified atom stereocenters. The first kappa shape index (κ1) is 11.1. The number of nitrogens with one attached hydrogen (secondary N) is 1. The van der Waals surface area contributed by atoms with Crippen molar-refractivity contribution in [2.45, 2.75) is 27.7 Å². The maximum atomic E-state index is 4.53. The number of hydrazone groups is 1. The molecule has 16 heavy (non-hydrogen) atoms. The van der Waals surface area contributed by atoms with E-state index in [9.17, 15) is 0 Å². The third-order valence-electron chi connectivity index (χ3n) is 2.20. The summed E-state index contributed by atoms with van der Waals surface area (Å²) in [6.07, 6.45) is 0. The van der Waals surface area contributed by atoms with E-state index in [4.69, 9.17) is 0 Å². The molecule has 0 saturated carbocycles. The predicted octanol–water partition coefficient (Wildman–Crippen LogP) is 3.72. The lowest BCUT2D eigenvalue weighted by Crippen LogP contribution is -1.91. The van der Waals surface area contributed by atoms with Gasteiger partial charge in [-0.15, -0.1) is 0 Å². The topological polar surface area (TPSA) is 37.3 Å². The Hall–Kier alpha value is -1.42. The fourth-order valence-electron chi connectivity index (χ4n) is 1.58. The van der Waals surface area contributed by atoms with Crippen LogP contribution in [-0.2, 0) is 0 Å². The van der Waals surface area contributed by atoms with E-state index in [1.54, 1.807) is 11.3 Å². The molecule has 1 N–H and O–H groups in total. The number of rotatable bonds is 2. The molecule has 0 aliphatic rings. The molecular weight excluding hydrogens is 218 g/mol. The van der Waals surface area contributed by atoms with Crippen molar-refractivity contribution in [1.29, 1.82) is 0 Å². The Bertz CT molecular complexity index is 551. The van der Waals surface area contributed by atoms with Gasteiger partial charge in [0.05, 0.1) is 10.2 Å². The highest BCUT2D eigenvalue weighted by atomic mass is 32.1. The van der Waals surface area contributed by atoms with Gasteiger partial charge < -0.3 is 0 Å². The summed E-state index contributed by atoms with van der Waals surface area (Å²) in [7, 11) is 0. The van der Waals surface area contributed by atoms with Crippen molar-refractivity contribution in [3.63, 3.8) is 0 Å². The molecule has 4 heteroatoms. The van der Waals surface area contributed by atoms with Crippen LogP contribution < -0.4 is 5.43 Å². The Morgan fingerprint density at radius 1 is 1.31 bits per heavy atom. The van der Waals surface area contributed by atoms with Gasteiger partial charge in [-0.3, -0.25) is 5.43 Å². The molecule has 1 aromatic carbocycles. The minimum absolute atomic E-state index is 0.852. The average molecular weight is 233 g/mol. The summed E-state index contributed by atoms with van der Waals surface area (Å²) in [5, 5.41) is 5.01. The van der Waals surface area contributed by atoms with Gasteiger partial charge in [0.2, 0.25) is 5.13 Å². The zero-order valence-electron chi connectivity index (χ0n) is 9.96. The van der Waals surface area contributed by atoms with Crippen molar-refractivity contribution in [3.8, 4) is 0 Å². The Morgan fingerprint density at radius 3 is 2.75 bits per heavy atom. The van der Waals surface area contributed by atoms with E-state index >= 15 is 0 Å². The van der Waals surface area contributed by atoms with Crippen molar-refractivity contribution in [2.75, 3.05) is 5.43 Å². The van der Waals surface area contributed by atoms with Crippen LogP contribution in [0.2, 0.25) is 0 Å². The first-order chi connectivity index (χ1) is 7.56. The van der Waals surface area contributed by atoms with Gasteiger partial charge in [-0.1, -0.05) is 17.4 Å². The van der Waals surface area contributed by atoms with Crippen LogP contribution in [0.25, 0.3) is 10.2 Å². The fourth-order valence-corrected chi connectivity index (χ4v) is 2.56. The number of thiazole rings is 1. The second-order valence-electron chi connectivity index (χ2n) is 4.12. The predicted molar refractivity (Wildman–Crippen MR) is 71.5 cm³/mol. The average Bonchev–Trinajstić information content (AvgIpc) is 2.57. The highest BCUT2D eigenvalue weighted by Gasteiger charge is 2.06. The largest absolute Gasteiger partial charge is 0.253 e. The molecule has 0 spiro atoms. The van der Waals surface area contributed by atoms with Crippen molar-refractivity contribution >= 4 is 32.4 Å². The van der Waals surface area contributed by atoms with Gasteiger partial charge in [0.15, 0.2) is 0 Å². The van der Waals surface area contributed by atoms with Crippen LogP contribution >= 0.6 is 11.3 Å². The third-order valence-corrected chi connectivity index (χ3v) is 3.11. The lowest BCUT2D eigenvalue weighted by Gasteiger charge is -1.95. The summed E-state index contributed by atoms with van der Waals surface area (Å²) in [6, 6.07) is 4.31.